The summed E-state index contributed by atoms with van der Waals surface area (Å²) in [5.41, 5.74) is 0.639. The summed E-state index contributed by atoms with van der Waals surface area (Å²) in [7, 11) is 0. The van der Waals surface area contributed by atoms with Crippen molar-refractivity contribution in [2.75, 3.05) is 0 Å². The van der Waals surface area contributed by atoms with Crippen LogP contribution in [0.2, 0.25) is 0 Å². The fourth-order valence-electron chi connectivity index (χ4n) is 2.03. The van der Waals surface area contributed by atoms with Crippen LogP contribution >= 0.6 is 31.9 Å². The number of hydrogen-bond donors (Lipinski definition) is 0. The Labute approximate surface area is 126 Å². The molecule has 2 aromatic carbocycles. The van der Waals surface area contributed by atoms with Crippen LogP contribution in [0, 0.1) is 0 Å². The van der Waals surface area contributed by atoms with E-state index in [1.807, 2.05) is 36.4 Å². The molecule has 0 bridgehead atoms. The molecule has 0 saturated carbocycles. The highest BCUT2D eigenvalue weighted by atomic mass is 79.9. The van der Waals surface area contributed by atoms with Crippen LogP contribution in [0.1, 0.15) is 16.1 Å². The second kappa shape index (κ2) is 4.94. The van der Waals surface area contributed by atoms with Gasteiger partial charge in [0.1, 0.15) is 0 Å². The summed E-state index contributed by atoms with van der Waals surface area (Å²) in [6.45, 7) is 0. The third kappa shape index (κ3) is 2.26. The van der Waals surface area contributed by atoms with E-state index >= 15 is 0 Å². The van der Waals surface area contributed by atoms with E-state index in [0.29, 0.717) is 16.0 Å². The molecule has 1 aromatic heterocycles. The molecule has 0 saturated heterocycles. The Morgan fingerprint density at radius 1 is 0.895 bits per heavy atom. The van der Waals surface area contributed by atoms with E-state index in [9.17, 15) is 4.79 Å². The third-order valence-electron chi connectivity index (χ3n) is 2.91. The van der Waals surface area contributed by atoms with Crippen LogP contribution in [0.5, 0.6) is 0 Å². The molecule has 0 aliphatic carbocycles. The molecular formula is C15H8Br2O2. The van der Waals surface area contributed by atoms with Crippen molar-refractivity contribution < 1.29 is 9.21 Å². The summed E-state index contributed by atoms with van der Waals surface area (Å²) in [6.07, 6.45) is 0. The second-order valence-electron chi connectivity index (χ2n) is 4.07. The average Bonchev–Trinajstić information content (AvgIpc) is 2.86. The van der Waals surface area contributed by atoms with Crippen LogP contribution in [0.25, 0.3) is 10.8 Å². The van der Waals surface area contributed by atoms with E-state index in [2.05, 4.69) is 31.9 Å². The maximum Gasteiger partial charge on any atom is 0.228 e. The van der Waals surface area contributed by atoms with Crippen LogP contribution in [-0.2, 0) is 0 Å². The first-order valence-corrected chi connectivity index (χ1v) is 7.23. The van der Waals surface area contributed by atoms with E-state index in [1.54, 1.807) is 12.1 Å². The van der Waals surface area contributed by atoms with Crippen LogP contribution in [-0.4, -0.2) is 5.78 Å². The van der Waals surface area contributed by atoms with Gasteiger partial charge in [0.15, 0.2) is 10.4 Å². The van der Waals surface area contributed by atoms with Crippen LogP contribution in [0.3, 0.4) is 0 Å². The maximum absolute atomic E-state index is 12.5. The average molecular weight is 380 g/mol. The van der Waals surface area contributed by atoms with E-state index in [4.69, 9.17) is 4.42 Å². The number of fused-ring (bicyclic) bond motifs is 1. The van der Waals surface area contributed by atoms with Crippen LogP contribution in [0.15, 0.2) is 62.1 Å². The van der Waals surface area contributed by atoms with Crippen molar-refractivity contribution >= 4 is 48.4 Å². The molecule has 3 aromatic rings. The quantitative estimate of drug-likeness (QED) is 0.573. The molecular weight excluding hydrogens is 372 g/mol. The number of furan rings is 1. The van der Waals surface area contributed by atoms with Gasteiger partial charge in [-0.2, -0.15) is 0 Å². The summed E-state index contributed by atoms with van der Waals surface area (Å²) in [5.74, 6) is 0.216. The van der Waals surface area contributed by atoms with Gasteiger partial charge in [-0.25, -0.2) is 0 Å². The fourth-order valence-corrected chi connectivity index (χ4v) is 2.81. The van der Waals surface area contributed by atoms with Crippen molar-refractivity contribution in [3.8, 4) is 0 Å². The van der Waals surface area contributed by atoms with E-state index in [0.717, 1.165) is 15.2 Å². The lowest BCUT2D eigenvalue weighted by atomic mass is 10.0. The lowest BCUT2D eigenvalue weighted by molar-refractivity contribution is 0.101. The molecule has 19 heavy (non-hydrogen) atoms. The van der Waals surface area contributed by atoms with E-state index in [1.165, 1.54) is 0 Å². The minimum atomic E-state index is -0.116. The highest BCUT2D eigenvalue weighted by molar-refractivity contribution is 9.10. The number of hydrogen-bond acceptors (Lipinski definition) is 2. The molecule has 0 N–H and O–H groups in total. The van der Waals surface area contributed by atoms with Crippen molar-refractivity contribution in [1.29, 1.82) is 0 Å². The highest BCUT2D eigenvalue weighted by Gasteiger charge is 2.16. The number of carbonyl (C=O) groups is 1. The number of benzene rings is 2. The molecule has 3 rings (SSSR count). The molecule has 0 amide bonds. The number of halogens is 2. The topological polar surface area (TPSA) is 30.2 Å². The predicted molar refractivity (Wildman–Crippen MR) is 81.5 cm³/mol. The van der Waals surface area contributed by atoms with Gasteiger partial charge in [0.25, 0.3) is 0 Å². The van der Waals surface area contributed by atoms with Gasteiger partial charge in [-0.3, -0.25) is 4.79 Å². The van der Waals surface area contributed by atoms with Gasteiger partial charge in [0.2, 0.25) is 5.78 Å². The van der Waals surface area contributed by atoms with Crippen LogP contribution in [0.4, 0.5) is 0 Å². The Hall–Kier alpha value is -1.39. The molecule has 0 spiro atoms. The molecule has 0 radical (unpaired) electrons. The standard InChI is InChI=1S/C15H8Br2O2/c16-12-6-5-11(9-3-1-2-4-10(9)12)15(18)13-7-8-14(17)19-13/h1-8H. The Morgan fingerprint density at radius 2 is 1.63 bits per heavy atom. The minimum Gasteiger partial charge on any atom is -0.446 e. The Balaban J connectivity index is 2.21. The SMILES string of the molecule is O=C(c1ccc(Br)o1)c1ccc(Br)c2ccccc12. The summed E-state index contributed by atoms with van der Waals surface area (Å²) >= 11 is 6.71. The molecule has 0 aliphatic heterocycles. The van der Waals surface area contributed by atoms with Crippen molar-refractivity contribution in [3.05, 3.63) is 69.0 Å². The fraction of sp³-hybridized carbons (Fsp3) is 0. The van der Waals surface area contributed by atoms with Gasteiger partial charge in [-0.1, -0.05) is 40.2 Å². The van der Waals surface area contributed by atoms with Gasteiger partial charge in [0, 0.05) is 10.0 Å². The maximum atomic E-state index is 12.5. The number of carbonyl (C=O) groups excluding carboxylic acids is 1. The van der Waals surface area contributed by atoms with Crippen LogP contribution < -0.4 is 0 Å². The van der Waals surface area contributed by atoms with Crippen molar-refractivity contribution in [3.63, 3.8) is 0 Å². The highest BCUT2D eigenvalue weighted by Crippen LogP contribution is 2.29. The van der Waals surface area contributed by atoms with Gasteiger partial charge in [-0.05, 0) is 51.0 Å². The number of ketones is 1. The first-order valence-electron chi connectivity index (χ1n) is 5.64. The Morgan fingerprint density at radius 3 is 2.32 bits per heavy atom. The van der Waals surface area contributed by atoms with Crippen molar-refractivity contribution in [2.24, 2.45) is 0 Å². The smallest absolute Gasteiger partial charge is 0.228 e. The minimum absolute atomic E-state index is 0.116. The Kier molecular flexibility index (Phi) is 3.29. The van der Waals surface area contributed by atoms with Gasteiger partial charge < -0.3 is 4.42 Å². The number of rotatable bonds is 2. The normalized spacial score (nSPS) is 10.8. The first-order chi connectivity index (χ1) is 9.16. The van der Waals surface area contributed by atoms with Crippen molar-refractivity contribution in [2.45, 2.75) is 0 Å². The van der Waals surface area contributed by atoms with E-state index < -0.39 is 0 Å². The molecule has 2 nitrogen and oxygen atoms in total. The molecule has 94 valence electrons. The first kappa shape index (κ1) is 12.6. The zero-order valence-electron chi connectivity index (χ0n) is 9.69. The molecule has 4 heteroatoms. The Bertz CT molecular complexity index is 775. The van der Waals surface area contributed by atoms with Gasteiger partial charge in [-0.15, -0.1) is 0 Å². The van der Waals surface area contributed by atoms with E-state index in [-0.39, 0.29) is 5.78 Å². The summed E-state index contributed by atoms with van der Waals surface area (Å²) < 4.78 is 6.86. The van der Waals surface area contributed by atoms with Gasteiger partial charge in [0.05, 0.1) is 0 Å². The predicted octanol–water partition coefficient (Wildman–Crippen LogP) is 5.19. The summed E-state index contributed by atoms with van der Waals surface area (Å²) in [4.78, 5) is 12.5. The lowest BCUT2D eigenvalue weighted by Crippen LogP contribution is -2.00. The molecule has 1 heterocycles. The molecule has 0 atom stereocenters. The largest absolute Gasteiger partial charge is 0.446 e. The second-order valence-corrected chi connectivity index (χ2v) is 5.71. The third-order valence-corrected chi connectivity index (χ3v) is 4.03. The molecule has 0 fully saturated rings. The summed E-state index contributed by atoms with van der Waals surface area (Å²) in [6, 6.07) is 14.9. The van der Waals surface area contributed by atoms with Gasteiger partial charge >= 0.3 is 0 Å². The summed E-state index contributed by atoms with van der Waals surface area (Å²) in [5, 5.41) is 1.92. The zero-order chi connectivity index (χ0) is 13.4. The van der Waals surface area contributed by atoms with Crippen molar-refractivity contribution in [1.82, 2.24) is 0 Å². The zero-order valence-corrected chi connectivity index (χ0v) is 12.9. The monoisotopic (exact) mass is 378 g/mol. The lowest BCUT2D eigenvalue weighted by Gasteiger charge is -2.06. The molecule has 0 unspecified atom stereocenters. The molecule has 0 aliphatic rings.